The fourth-order valence-electron chi connectivity index (χ4n) is 2.33. The van der Waals surface area contributed by atoms with Crippen molar-refractivity contribution in [3.05, 3.63) is 40.2 Å². The van der Waals surface area contributed by atoms with Crippen LogP contribution in [0, 0.1) is 0 Å². The molecule has 3 heterocycles. The number of ether oxygens (including phenoxy) is 1. The summed E-state index contributed by atoms with van der Waals surface area (Å²) in [4.78, 5) is 18.9. The fraction of sp³-hybridized carbons (Fsp3) is 0.500. The maximum Gasteiger partial charge on any atom is 0.257 e. The second-order valence-corrected chi connectivity index (χ2v) is 7.33. The summed E-state index contributed by atoms with van der Waals surface area (Å²) in [6, 6.07) is 1.69. The topological polar surface area (TPSA) is 55.6 Å². The summed E-state index contributed by atoms with van der Waals surface area (Å²) in [6.45, 7) is 8.07. The number of carbonyl (C=O) groups is 1. The average Bonchev–Trinajstić information content (AvgIpc) is 3.17. The first-order valence-electron chi connectivity index (χ1n) is 7.34. The zero-order chi connectivity index (χ0) is 15.7. The van der Waals surface area contributed by atoms with E-state index in [9.17, 15) is 4.79 Å². The summed E-state index contributed by atoms with van der Waals surface area (Å²) in [7, 11) is 0. The lowest BCUT2D eigenvalue weighted by Crippen LogP contribution is -2.42. The highest BCUT2D eigenvalue weighted by molar-refractivity contribution is 7.09. The van der Waals surface area contributed by atoms with Gasteiger partial charge < -0.3 is 14.1 Å². The van der Waals surface area contributed by atoms with E-state index in [0.717, 1.165) is 10.7 Å². The minimum Gasteiger partial charge on any atom is -0.472 e. The molecule has 0 bridgehead atoms. The van der Waals surface area contributed by atoms with Gasteiger partial charge in [-0.2, -0.15) is 0 Å². The SMILES string of the molecule is CC(C)(C)c1csc([C@@H]2CN(C(=O)c3ccoc3)CCO2)n1. The maximum atomic E-state index is 12.4. The molecule has 1 atom stereocenters. The molecule has 0 unspecified atom stereocenters. The first-order valence-corrected chi connectivity index (χ1v) is 8.22. The Labute approximate surface area is 133 Å². The number of hydrogen-bond donors (Lipinski definition) is 0. The van der Waals surface area contributed by atoms with E-state index in [-0.39, 0.29) is 17.4 Å². The van der Waals surface area contributed by atoms with E-state index in [1.54, 1.807) is 22.3 Å². The van der Waals surface area contributed by atoms with E-state index >= 15 is 0 Å². The molecule has 22 heavy (non-hydrogen) atoms. The first-order chi connectivity index (χ1) is 10.4. The number of thiazole rings is 1. The van der Waals surface area contributed by atoms with Gasteiger partial charge in [-0.15, -0.1) is 11.3 Å². The van der Waals surface area contributed by atoms with Crippen molar-refractivity contribution >= 4 is 17.2 Å². The number of aromatic nitrogens is 1. The molecule has 3 rings (SSSR count). The molecule has 0 spiro atoms. The molecule has 1 aliphatic rings. The summed E-state index contributed by atoms with van der Waals surface area (Å²) in [5.41, 5.74) is 1.67. The third kappa shape index (κ3) is 3.08. The molecular formula is C16H20N2O3S. The standard InChI is InChI=1S/C16H20N2O3S/c1-16(2,3)13-10-22-14(17-13)12-8-18(5-7-21-12)15(19)11-4-6-20-9-11/h4,6,9-10,12H,5,7-8H2,1-3H3/t12-/m0/s1. The van der Waals surface area contributed by atoms with Crippen LogP contribution in [0.25, 0.3) is 0 Å². The van der Waals surface area contributed by atoms with E-state index in [1.165, 1.54) is 12.5 Å². The lowest BCUT2D eigenvalue weighted by molar-refractivity contribution is -0.0230. The van der Waals surface area contributed by atoms with Crippen molar-refractivity contribution in [2.45, 2.75) is 32.3 Å². The summed E-state index contributed by atoms with van der Waals surface area (Å²) in [6.07, 6.45) is 2.85. The zero-order valence-electron chi connectivity index (χ0n) is 13.0. The van der Waals surface area contributed by atoms with E-state index < -0.39 is 0 Å². The Morgan fingerprint density at radius 3 is 2.91 bits per heavy atom. The van der Waals surface area contributed by atoms with Crippen molar-refractivity contribution in [1.82, 2.24) is 9.88 Å². The average molecular weight is 320 g/mol. The Bertz CT molecular complexity index is 643. The molecule has 5 nitrogen and oxygen atoms in total. The molecule has 0 aromatic carbocycles. The van der Waals surface area contributed by atoms with E-state index in [2.05, 4.69) is 26.2 Å². The summed E-state index contributed by atoms with van der Waals surface area (Å²) < 4.78 is 10.8. The van der Waals surface area contributed by atoms with Crippen molar-refractivity contribution in [3.8, 4) is 0 Å². The van der Waals surface area contributed by atoms with Crippen LogP contribution in [-0.4, -0.2) is 35.5 Å². The number of furan rings is 1. The van der Waals surface area contributed by atoms with Crippen LogP contribution in [-0.2, 0) is 10.2 Å². The second kappa shape index (κ2) is 5.85. The molecule has 0 saturated carbocycles. The van der Waals surface area contributed by atoms with E-state index in [4.69, 9.17) is 14.1 Å². The molecule has 1 saturated heterocycles. The van der Waals surface area contributed by atoms with Gasteiger partial charge in [0, 0.05) is 17.3 Å². The highest BCUT2D eigenvalue weighted by Gasteiger charge is 2.29. The van der Waals surface area contributed by atoms with Crippen LogP contribution < -0.4 is 0 Å². The van der Waals surface area contributed by atoms with Crippen LogP contribution in [0.2, 0.25) is 0 Å². The molecule has 0 radical (unpaired) electrons. The predicted octanol–water partition coefficient (Wildman–Crippen LogP) is 3.25. The van der Waals surface area contributed by atoms with Gasteiger partial charge in [-0.3, -0.25) is 4.79 Å². The van der Waals surface area contributed by atoms with Gasteiger partial charge >= 0.3 is 0 Å². The normalized spacial score (nSPS) is 19.4. The molecule has 2 aromatic heterocycles. The van der Waals surface area contributed by atoms with E-state index in [0.29, 0.717) is 25.3 Å². The molecule has 1 amide bonds. The van der Waals surface area contributed by atoms with Gasteiger partial charge in [0.05, 0.1) is 30.7 Å². The molecule has 0 aliphatic carbocycles. The predicted molar refractivity (Wildman–Crippen MR) is 84.1 cm³/mol. The summed E-state index contributed by atoms with van der Waals surface area (Å²) >= 11 is 1.60. The van der Waals surface area contributed by atoms with Gasteiger partial charge in [0.1, 0.15) is 17.4 Å². The van der Waals surface area contributed by atoms with Crippen LogP contribution in [0.4, 0.5) is 0 Å². The van der Waals surface area contributed by atoms with Crippen LogP contribution in [0.15, 0.2) is 28.4 Å². The number of rotatable bonds is 2. The van der Waals surface area contributed by atoms with Crippen LogP contribution >= 0.6 is 11.3 Å². The lowest BCUT2D eigenvalue weighted by atomic mass is 9.93. The molecule has 1 aliphatic heterocycles. The van der Waals surface area contributed by atoms with Crippen LogP contribution in [0.5, 0.6) is 0 Å². The van der Waals surface area contributed by atoms with Gasteiger partial charge in [0.2, 0.25) is 0 Å². The Morgan fingerprint density at radius 1 is 1.45 bits per heavy atom. The highest BCUT2D eigenvalue weighted by Crippen LogP contribution is 2.30. The number of carbonyl (C=O) groups excluding carboxylic acids is 1. The van der Waals surface area contributed by atoms with Crippen LogP contribution in [0.3, 0.4) is 0 Å². The van der Waals surface area contributed by atoms with Crippen molar-refractivity contribution in [1.29, 1.82) is 0 Å². The molecule has 118 valence electrons. The monoisotopic (exact) mass is 320 g/mol. The minimum absolute atomic E-state index is 0.0188. The molecule has 1 fully saturated rings. The van der Waals surface area contributed by atoms with Gasteiger partial charge in [-0.05, 0) is 6.07 Å². The Morgan fingerprint density at radius 2 is 2.27 bits per heavy atom. The smallest absolute Gasteiger partial charge is 0.257 e. The second-order valence-electron chi connectivity index (χ2n) is 6.44. The third-order valence-corrected chi connectivity index (χ3v) is 4.62. The minimum atomic E-state index is -0.147. The third-order valence-electron chi connectivity index (χ3n) is 3.69. The fourth-order valence-corrected chi connectivity index (χ4v) is 3.42. The number of nitrogens with zero attached hydrogens (tertiary/aromatic N) is 2. The van der Waals surface area contributed by atoms with Gasteiger partial charge in [0.25, 0.3) is 5.91 Å². The number of morpholine rings is 1. The Hall–Kier alpha value is -1.66. The van der Waals surface area contributed by atoms with Crippen LogP contribution in [0.1, 0.15) is 47.9 Å². The van der Waals surface area contributed by atoms with Gasteiger partial charge in [-0.1, -0.05) is 20.8 Å². The Balaban J connectivity index is 1.73. The molecule has 0 N–H and O–H groups in total. The summed E-state index contributed by atoms with van der Waals surface area (Å²) in [5.74, 6) is -0.0188. The van der Waals surface area contributed by atoms with E-state index in [1.807, 2.05) is 0 Å². The largest absolute Gasteiger partial charge is 0.472 e. The highest BCUT2D eigenvalue weighted by atomic mass is 32.1. The molecule has 2 aromatic rings. The first kappa shape index (κ1) is 15.2. The van der Waals surface area contributed by atoms with Crippen molar-refractivity contribution in [2.75, 3.05) is 19.7 Å². The van der Waals surface area contributed by atoms with Crippen molar-refractivity contribution in [2.24, 2.45) is 0 Å². The quantitative estimate of drug-likeness (QED) is 0.852. The number of amides is 1. The summed E-state index contributed by atoms with van der Waals surface area (Å²) in [5, 5.41) is 3.02. The zero-order valence-corrected chi connectivity index (χ0v) is 13.9. The Kier molecular flexibility index (Phi) is 4.06. The number of hydrogen-bond acceptors (Lipinski definition) is 5. The van der Waals surface area contributed by atoms with Gasteiger partial charge in [0.15, 0.2) is 0 Å². The van der Waals surface area contributed by atoms with Gasteiger partial charge in [-0.25, -0.2) is 4.98 Å². The van der Waals surface area contributed by atoms with Crippen molar-refractivity contribution < 1.29 is 13.9 Å². The lowest BCUT2D eigenvalue weighted by Gasteiger charge is -2.31. The molecule has 6 heteroatoms. The van der Waals surface area contributed by atoms with Crippen molar-refractivity contribution in [3.63, 3.8) is 0 Å². The maximum absolute atomic E-state index is 12.4. The molecular weight excluding hydrogens is 300 g/mol.